The lowest BCUT2D eigenvalue weighted by molar-refractivity contribution is 0.248. The highest BCUT2D eigenvalue weighted by molar-refractivity contribution is 7.97. The molecule has 0 aliphatic carbocycles. The van der Waals surface area contributed by atoms with E-state index in [1.165, 1.54) is 11.9 Å². The molecule has 16 heavy (non-hydrogen) atoms. The van der Waals surface area contributed by atoms with E-state index < -0.39 is 0 Å². The third-order valence-electron chi connectivity index (χ3n) is 1.96. The van der Waals surface area contributed by atoms with Crippen LogP contribution in [0.1, 0.15) is 0 Å². The maximum atomic E-state index is 10.9. The van der Waals surface area contributed by atoms with E-state index in [4.69, 9.17) is 0 Å². The average Bonchev–Trinajstić information content (AvgIpc) is 2.35. The second-order valence-corrected chi connectivity index (χ2v) is 4.04. The van der Waals surface area contributed by atoms with Crippen LogP contribution in [0.5, 0.6) is 0 Å². The van der Waals surface area contributed by atoms with E-state index in [1.807, 2.05) is 30.1 Å². The molecule has 6 heteroatoms. The number of nitrogens with one attached hydrogen (secondary N) is 2. The van der Waals surface area contributed by atoms with Crippen molar-refractivity contribution in [3.8, 4) is 0 Å². The molecule has 0 spiro atoms. The second-order valence-electron chi connectivity index (χ2n) is 3.14. The molecule has 1 heterocycles. The van der Waals surface area contributed by atoms with Crippen LogP contribution in [-0.2, 0) is 0 Å². The molecule has 0 saturated carbocycles. The second kappa shape index (κ2) is 6.95. The zero-order chi connectivity index (χ0) is 11.8. The van der Waals surface area contributed by atoms with E-state index in [2.05, 4.69) is 15.0 Å². The smallest absolute Gasteiger partial charge is 0.324 e. The Kier molecular flexibility index (Phi) is 5.49. The van der Waals surface area contributed by atoms with Crippen LogP contribution < -0.4 is 14.9 Å². The van der Waals surface area contributed by atoms with Gasteiger partial charge in [0.25, 0.3) is 0 Å². The highest BCUT2D eigenvalue weighted by atomic mass is 32.2. The summed E-state index contributed by atoms with van der Waals surface area (Å²) in [7, 11) is 3.57. The summed E-state index contributed by atoms with van der Waals surface area (Å²) < 4.78 is 2.66. The van der Waals surface area contributed by atoms with Crippen LogP contribution in [0.3, 0.4) is 0 Å². The lowest BCUT2D eigenvalue weighted by atomic mass is 10.4. The number of rotatable bonds is 5. The van der Waals surface area contributed by atoms with E-state index >= 15 is 0 Å². The lowest BCUT2D eigenvalue weighted by Gasteiger charge is -2.17. The minimum Gasteiger partial charge on any atom is -0.359 e. The number of carbonyl (C=O) groups excluding carboxylic acids is 1. The summed E-state index contributed by atoms with van der Waals surface area (Å²) in [6.07, 6.45) is 1.77. The Bertz CT molecular complexity index is 320. The maximum absolute atomic E-state index is 10.9. The predicted molar refractivity (Wildman–Crippen MR) is 67.6 cm³/mol. The van der Waals surface area contributed by atoms with Crippen LogP contribution in [0.15, 0.2) is 24.4 Å². The topological polar surface area (TPSA) is 57.3 Å². The van der Waals surface area contributed by atoms with E-state index in [1.54, 1.807) is 13.2 Å². The summed E-state index contributed by atoms with van der Waals surface area (Å²) in [5.74, 6) is 1.74. The monoisotopic (exact) mass is 240 g/mol. The Labute approximate surface area is 99.8 Å². The molecule has 1 aromatic heterocycles. The van der Waals surface area contributed by atoms with Crippen LogP contribution in [0.25, 0.3) is 0 Å². The van der Waals surface area contributed by atoms with Gasteiger partial charge < -0.3 is 10.2 Å². The van der Waals surface area contributed by atoms with Crippen molar-refractivity contribution in [3.63, 3.8) is 0 Å². The minimum atomic E-state index is -0.175. The van der Waals surface area contributed by atoms with Gasteiger partial charge in [0.15, 0.2) is 0 Å². The Morgan fingerprint density at radius 3 is 3.00 bits per heavy atom. The van der Waals surface area contributed by atoms with Gasteiger partial charge in [-0.1, -0.05) is 6.07 Å². The summed E-state index contributed by atoms with van der Waals surface area (Å²) in [6, 6.07) is 5.62. The molecule has 0 atom stereocenters. The normalized spacial score (nSPS) is 9.62. The molecule has 0 unspecified atom stereocenters. The summed E-state index contributed by atoms with van der Waals surface area (Å²) in [6.45, 7) is 0.825. The zero-order valence-corrected chi connectivity index (χ0v) is 10.3. The SMILES string of the molecule is CNC(=O)NSCCN(C)c1ccccn1. The van der Waals surface area contributed by atoms with E-state index in [0.717, 1.165) is 18.1 Å². The van der Waals surface area contributed by atoms with Crippen molar-refractivity contribution in [1.29, 1.82) is 0 Å². The van der Waals surface area contributed by atoms with Gasteiger partial charge in [0.2, 0.25) is 0 Å². The molecule has 0 aliphatic heterocycles. The van der Waals surface area contributed by atoms with Crippen LogP contribution in [0.2, 0.25) is 0 Å². The van der Waals surface area contributed by atoms with Crippen molar-refractivity contribution in [1.82, 2.24) is 15.0 Å². The molecule has 0 radical (unpaired) electrons. The molecular formula is C10H16N4OS. The predicted octanol–water partition coefficient (Wildman–Crippen LogP) is 1.09. The Balaban J connectivity index is 2.21. The van der Waals surface area contributed by atoms with E-state index in [-0.39, 0.29) is 6.03 Å². The molecule has 0 bridgehead atoms. The largest absolute Gasteiger partial charge is 0.359 e. The number of hydrogen-bond acceptors (Lipinski definition) is 4. The highest BCUT2D eigenvalue weighted by Crippen LogP contribution is 2.07. The van der Waals surface area contributed by atoms with Gasteiger partial charge >= 0.3 is 6.03 Å². The molecule has 1 aromatic rings. The van der Waals surface area contributed by atoms with Gasteiger partial charge in [0.1, 0.15) is 5.82 Å². The first kappa shape index (κ1) is 12.6. The number of hydrogen-bond donors (Lipinski definition) is 2. The summed E-state index contributed by atoms with van der Waals surface area (Å²) in [4.78, 5) is 17.1. The molecule has 2 N–H and O–H groups in total. The quantitative estimate of drug-likeness (QED) is 0.597. The van der Waals surface area contributed by atoms with Gasteiger partial charge in [-0.05, 0) is 24.1 Å². The van der Waals surface area contributed by atoms with Gasteiger partial charge in [-0.15, -0.1) is 0 Å². The van der Waals surface area contributed by atoms with E-state index in [0.29, 0.717) is 0 Å². The number of aromatic nitrogens is 1. The highest BCUT2D eigenvalue weighted by Gasteiger charge is 2.01. The van der Waals surface area contributed by atoms with Crippen molar-refractivity contribution in [2.75, 3.05) is 31.3 Å². The van der Waals surface area contributed by atoms with E-state index in [9.17, 15) is 4.79 Å². The first-order valence-electron chi connectivity index (χ1n) is 4.95. The molecular weight excluding hydrogens is 224 g/mol. The molecule has 0 saturated heterocycles. The van der Waals surface area contributed by atoms with Gasteiger partial charge in [0.05, 0.1) is 0 Å². The first-order valence-corrected chi connectivity index (χ1v) is 5.94. The van der Waals surface area contributed by atoms with Gasteiger partial charge in [-0.2, -0.15) is 0 Å². The lowest BCUT2D eigenvalue weighted by Crippen LogP contribution is -2.29. The third kappa shape index (κ3) is 4.39. The van der Waals surface area contributed by atoms with Crippen molar-refractivity contribution in [2.24, 2.45) is 0 Å². The maximum Gasteiger partial charge on any atom is 0.324 e. The molecule has 88 valence electrons. The minimum absolute atomic E-state index is 0.175. The molecule has 0 fully saturated rings. The van der Waals surface area contributed by atoms with Gasteiger partial charge in [-0.25, -0.2) is 9.78 Å². The summed E-state index contributed by atoms with van der Waals surface area (Å²) >= 11 is 1.38. The standard InChI is InChI=1S/C10H16N4OS/c1-11-10(15)13-16-8-7-14(2)9-5-3-4-6-12-9/h3-6H,7-8H2,1-2H3,(H2,11,13,15). The summed E-state index contributed by atoms with van der Waals surface area (Å²) in [5.41, 5.74) is 0. The van der Waals surface area contributed by atoms with Crippen LogP contribution in [0.4, 0.5) is 10.6 Å². The van der Waals surface area contributed by atoms with Crippen molar-refractivity contribution in [3.05, 3.63) is 24.4 Å². The fourth-order valence-electron chi connectivity index (χ4n) is 1.04. The Hall–Kier alpha value is -1.43. The molecule has 1 rings (SSSR count). The number of pyridine rings is 1. The Morgan fingerprint density at radius 1 is 1.56 bits per heavy atom. The molecule has 5 nitrogen and oxygen atoms in total. The fraction of sp³-hybridized carbons (Fsp3) is 0.400. The number of carbonyl (C=O) groups is 1. The van der Waals surface area contributed by atoms with Crippen LogP contribution >= 0.6 is 11.9 Å². The fourth-order valence-corrected chi connectivity index (χ4v) is 1.74. The van der Waals surface area contributed by atoms with Gasteiger partial charge in [0, 0.05) is 32.6 Å². The number of amides is 2. The number of nitrogens with zero attached hydrogens (tertiary/aromatic N) is 2. The molecule has 0 aliphatic rings. The van der Waals surface area contributed by atoms with Crippen molar-refractivity contribution >= 4 is 23.8 Å². The average molecular weight is 240 g/mol. The molecule has 0 aromatic carbocycles. The number of urea groups is 1. The van der Waals surface area contributed by atoms with Crippen LogP contribution in [-0.4, -0.2) is 37.4 Å². The Morgan fingerprint density at radius 2 is 2.38 bits per heavy atom. The zero-order valence-electron chi connectivity index (χ0n) is 9.43. The van der Waals surface area contributed by atoms with Crippen molar-refractivity contribution < 1.29 is 4.79 Å². The third-order valence-corrected chi connectivity index (χ3v) is 2.68. The van der Waals surface area contributed by atoms with Gasteiger partial charge in [-0.3, -0.25) is 4.72 Å². The summed E-state index contributed by atoms with van der Waals surface area (Å²) in [5, 5.41) is 2.49. The number of anilines is 1. The first-order chi connectivity index (χ1) is 7.74. The van der Waals surface area contributed by atoms with Crippen LogP contribution in [0, 0.1) is 0 Å². The molecule has 2 amide bonds. The van der Waals surface area contributed by atoms with Crippen molar-refractivity contribution in [2.45, 2.75) is 0 Å².